The molecule has 0 bridgehead atoms. The van der Waals surface area contributed by atoms with E-state index in [1.54, 1.807) is 11.3 Å². The van der Waals surface area contributed by atoms with Crippen LogP contribution in [0.2, 0.25) is 0 Å². The molecule has 2 rings (SSSR count). The molecule has 0 saturated heterocycles. The molecule has 0 aromatic carbocycles. The van der Waals surface area contributed by atoms with Gasteiger partial charge in [-0.3, -0.25) is 0 Å². The number of nitrogens with one attached hydrogen (secondary N) is 1. The van der Waals surface area contributed by atoms with Crippen molar-refractivity contribution in [3.05, 3.63) is 52.7 Å². The molecule has 88 valence electrons. The Labute approximate surface area is 105 Å². The van der Waals surface area contributed by atoms with Gasteiger partial charge in [-0.05, 0) is 26.0 Å². The first-order chi connectivity index (χ1) is 8.11. The van der Waals surface area contributed by atoms with Gasteiger partial charge in [-0.25, -0.2) is 4.99 Å². The highest BCUT2D eigenvalue weighted by Crippen LogP contribution is 2.32. The van der Waals surface area contributed by atoms with Crippen LogP contribution in [0.5, 0.6) is 0 Å². The molecule has 3 nitrogen and oxygen atoms in total. The van der Waals surface area contributed by atoms with Crippen molar-refractivity contribution in [2.24, 2.45) is 10.7 Å². The van der Waals surface area contributed by atoms with Crippen LogP contribution in [-0.4, -0.2) is 5.84 Å². The van der Waals surface area contributed by atoms with Gasteiger partial charge in [-0.2, -0.15) is 0 Å². The number of thiophene rings is 1. The van der Waals surface area contributed by atoms with E-state index in [1.165, 1.54) is 4.88 Å². The van der Waals surface area contributed by atoms with Gasteiger partial charge in [0.2, 0.25) is 0 Å². The number of hydrogen-bond donors (Lipinski definition) is 2. The molecule has 0 radical (unpaired) electrons. The molecule has 0 atom stereocenters. The lowest BCUT2D eigenvalue weighted by Crippen LogP contribution is -2.11. The predicted octanol–water partition coefficient (Wildman–Crippen LogP) is 3.16. The first-order valence-corrected chi connectivity index (χ1v) is 6.17. The van der Waals surface area contributed by atoms with Gasteiger partial charge < -0.3 is 11.1 Å². The summed E-state index contributed by atoms with van der Waals surface area (Å²) in [6.45, 7) is 7.94. The molecule has 2 heterocycles. The second kappa shape index (κ2) is 4.59. The van der Waals surface area contributed by atoms with E-state index in [4.69, 9.17) is 5.73 Å². The fraction of sp³-hybridized carbons (Fsp3) is 0.154. The molecule has 1 aliphatic rings. The van der Waals surface area contributed by atoms with Crippen molar-refractivity contribution in [1.82, 2.24) is 0 Å². The van der Waals surface area contributed by atoms with Gasteiger partial charge in [0.25, 0.3) is 0 Å². The topological polar surface area (TPSA) is 50.4 Å². The number of allylic oxidation sites excluding steroid dienone is 3. The zero-order valence-electron chi connectivity index (χ0n) is 9.95. The third-order valence-corrected chi connectivity index (χ3v) is 3.37. The minimum absolute atomic E-state index is 0.519. The van der Waals surface area contributed by atoms with E-state index in [2.05, 4.69) is 23.8 Å². The van der Waals surface area contributed by atoms with E-state index in [-0.39, 0.29) is 0 Å². The second-order valence-corrected chi connectivity index (χ2v) is 5.03. The monoisotopic (exact) mass is 245 g/mol. The molecule has 4 heteroatoms. The molecule has 1 aliphatic heterocycles. The Morgan fingerprint density at radius 2 is 2.29 bits per heavy atom. The van der Waals surface area contributed by atoms with Gasteiger partial charge in [-0.15, -0.1) is 11.3 Å². The molecule has 17 heavy (non-hydrogen) atoms. The minimum Gasteiger partial charge on any atom is -0.383 e. The molecular weight excluding hydrogens is 230 g/mol. The normalized spacial score (nSPS) is 17.9. The number of aryl methyl sites for hydroxylation is 1. The summed E-state index contributed by atoms with van der Waals surface area (Å²) in [5.41, 5.74) is 8.44. The van der Waals surface area contributed by atoms with Crippen molar-refractivity contribution in [1.29, 1.82) is 0 Å². The Kier molecular flexibility index (Phi) is 3.15. The molecule has 0 aliphatic carbocycles. The molecular formula is C13H15N3S. The van der Waals surface area contributed by atoms with Crippen molar-refractivity contribution >= 4 is 22.2 Å². The Morgan fingerprint density at radius 1 is 1.53 bits per heavy atom. The van der Waals surface area contributed by atoms with Crippen LogP contribution in [0.15, 0.2) is 47.3 Å². The quantitative estimate of drug-likeness (QED) is 0.798. The lowest BCUT2D eigenvalue weighted by molar-refractivity contribution is 1.31. The summed E-state index contributed by atoms with van der Waals surface area (Å²) < 4.78 is 0. The van der Waals surface area contributed by atoms with Gasteiger partial charge in [0.1, 0.15) is 10.8 Å². The Hall–Kier alpha value is -1.81. The van der Waals surface area contributed by atoms with Crippen molar-refractivity contribution in [3.8, 4) is 0 Å². The zero-order chi connectivity index (χ0) is 12.4. The first-order valence-electron chi connectivity index (χ1n) is 5.36. The number of hydrogen-bond acceptors (Lipinski definition) is 4. The van der Waals surface area contributed by atoms with Crippen LogP contribution in [0.3, 0.4) is 0 Å². The van der Waals surface area contributed by atoms with Crippen molar-refractivity contribution < 1.29 is 0 Å². The lowest BCUT2D eigenvalue weighted by Gasteiger charge is -2.05. The SMILES string of the molecule is C=C1N=C(N)c2cc(C)sc2N/C1=C/C=C\C. The maximum atomic E-state index is 5.95. The van der Waals surface area contributed by atoms with E-state index in [1.807, 2.05) is 31.2 Å². The maximum absolute atomic E-state index is 5.95. The summed E-state index contributed by atoms with van der Waals surface area (Å²) in [5, 5.41) is 4.36. The number of fused-ring (bicyclic) bond motifs is 1. The van der Waals surface area contributed by atoms with Gasteiger partial charge in [0.15, 0.2) is 0 Å². The molecule has 0 fully saturated rings. The fourth-order valence-electron chi connectivity index (χ4n) is 1.59. The summed E-state index contributed by atoms with van der Waals surface area (Å²) in [5.74, 6) is 0.519. The van der Waals surface area contributed by atoms with Crippen LogP contribution in [0.25, 0.3) is 0 Å². The van der Waals surface area contributed by atoms with Crippen LogP contribution in [-0.2, 0) is 0 Å². The number of amidine groups is 1. The molecule has 0 spiro atoms. The number of anilines is 1. The minimum atomic E-state index is 0.519. The standard InChI is InChI=1S/C13H15N3S/c1-4-5-6-11-9(3)15-12(14)10-7-8(2)17-13(10)16-11/h4-7,16H,3H2,1-2H3,(H2,14,15)/b5-4-,11-6+. The van der Waals surface area contributed by atoms with E-state index in [9.17, 15) is 0 Å². The number of nitrogens with zero attached hydrogens (tertiary/aromatic N) is 1. The summed E-state index contributed by atoms with van der Waals surface area (Å²) in [6, 6.07) is 2.04. The summed E-state index contributed by atoms with van der Waals surface area (Å²) >= 11 is 1.67. The van der Waals surface area contributed by atoms with Gasteiger partial charge >= 0.3 is 0 Å². The summed E-state index contributed by atoms with van der Waals surface area (Å²) in [6.07, 6.45) is 5.86. The zero-order valence-corrected chi connectivity index (χ0v) is 10.8. The van der Waals surface area contributed by atoms with Crippen LogP contribution in [0, 0.1) is 6.92 Å². The van der Waals surface area contributed by atoms with E-state index < -0.39 is 0 Å². The Morgan fingerprint density at radius 3 is 3.00 bits per heavy atom. The highest BCUT2D eigenvalue weighted by molar-refractivity contribution is 7.16. The molecule has 3 N–H and O–H groups in total. The van der Waals surface area contributed by atoms with Crippen LogP contribution in [0.1, 0.15) is 17.4 Å². The average Bonchev–Trinajstić information content (AvgIpc) is 2.60. The highest BCUT2D eigenvalue weighted by atomic mass is 32.1. The number of nitrogens with two attached hydrogens (primary N) is 1. The van der Waals surface area contributed by atoms with Gasteiger partial charge in [0.05, 0.1) is 17.0 Å². The van der Waals surface area contributed by atoms with E-state index in [0.717, 1.165) is 16.3 Å². The molecule has 0 unspecified atom stereocenters. The van der Waals surface area contributed by atoms with Crippen molar-refractivity contribution in [2.45, 2.75) is 13.8 Å². The van der Waals surface area contributed by atoms with Crippen LogP contribution in [0.4, 0.5) is 5.00 Å². The second-order valence-electron chi connectivity index (χ2n) is 3.77. The molecule has 0 amide bonds. The van der Waals surface area contributed by atoms with E-state index in [0.29, 0.717) is 11.5 Å². The number of rotatable bonds is 1. The van der Waals surface area contributed by atoms with Gasteiger partial charge in [-0.1, -0.05) is 18.7 Å². The first kappa shape index (κ1) is 11.7. The predicted molar refractivity (Wildman–Crippen MR) is 75.4 cm³/mol. The largest absolute Gasteiger partial charge is 0.383 e. The Bertz CT molecular complexity index is 547. The van der Waals surface area contributed by atoms with Crippen LogP contribution >= 0.6 is 11.3 Å². The van der Waals surface area contributed by atoms with Crippen LogP contribution < -0.4 is 11.1 Å². The average molecular weight is 245 g/mol. The maximum Gasteiger partial charge on any atom is 0.134 e. The lowest BCUT2D eigenvalue weighted by atomic mass is 10.3. The molecule has 1 aromatic heterocycles. The number of aliphatic imine (C=N–C) groups is 1. The summed E-state index contributed by atoms with van der Waals surface area (Å²) in [7, 11) is 0. The van der Waals surface area contributed by atoms with Crippen molar-refractivity contribution in [3.63, 3.8) is 0 Å². The molecule has 1 aromatic rings. The highest BCUT2D eigenvalue weighted by Gasteiger charge is 2.16. The Balaban J connectivity index is 2.50. The summed E-state index contributed by atoms with van der Waals surface area (Å²) in [4.78, 5) is 5.51. The third-order valence-electron chi connectivity index (χ3n) is 2.40. The third kappa shape index (κ3) is 2.31. The van der Waals surface area contributed by atoms with Gasteiger partial charge in [0, 0.05) is 4.88 Å². The van der Waals surface area contributed by atoms with E-state index >= 15 is 0 Å². The van der Waals surface area contributed by atoms with Crippen molar-refractivity contribution in [2.75, 3.05) is 5.32 Å². The fourth-order valence-corrected chi connectivity index (χ4v) is 2.52. The smallest absolute Gasteiger partial charge is 0.134 e. The molecule has 0 saturated carbocycles.